The third-order valence-corrected chi connectivity index (χ3v) is 2.63. The summed E-state index contributed by atoms with van der Waals surface area (Å²) in [5.74, 6) is 0.328. The molecule has 0 spiro atoms. The molecular weight excluding hydrogens is 264 g/mol. The Morgan fingerprint density at radius 1 is 1.53 bits per heavy atom. The fraction of sp³-hybridized carbons (Fsp3) is 0.500. The summed E-state index contributed by atoms with van der Waals surface area (Å²) in [7, 11) is 0. The third-order valence-electron chi connectivity index (χ3n) is 2.08. The predicted octanol–water partition coefficient (Wildman–Crippen LogP) is 2.25. The largest absolute Gasteiger partial charge is 0.466 e. The van der Waals surface area contributed by atoms with E-state index < -0.39 is 0 Å². The number of nitrogens with one attached hydrogen (secondary N) is 1. The van der Waals surface area contributed by atoms with E-state index in [-0.39, 0.29) is 12.4 Å². The number of anilines is 1. The molecule has 1 aromatic rings. The van der Waals surface area contributed by atoms with Gasteiger partial charge in [-0.3, -0.25) is 10.2 Å². The molecule has 0 saturated carbocycles. The van der Waals surface area contributed by atoms with Gasteiger partial charge in [0.1, 0.15) is 0 Å². The van der Waals surface area contributed by atoms with E-state index in [4.69, 9.17) is 4.74 Å². The normalized spacial score (nSPS) is 11.3. The van der Waals surface area contributed by atoms with Crippen LogP contribution in [0.5, 0.6) is 0 Å². The Kier molecular flexibility index (Phi) is 6.27. The Labute approximate surface area is 117 Å². The minimum Gasteiger partial charge on any atom is -0.466 e. The Bertz CT molecular complexity index is 477. The first kappa shape index (κ1) is 15.4. The van der Waals surface area contributed by atoms with E-state index in [1.165, 1.54) is 11.8 Å². The second-order valence-corrected chi connectivity index (χ2v) is 4.60. The van der Waals surface area contributed by atoms with Gasteiger partial charge in [0.25, 0.3) is 0 Å². The maximum Gasteiger partial charge on any atom is 0.311 e. The quantitative estimate of drug-likeness (QED) is 0.283. The van der Waals surface area contributed by atoms with Crippen LogP contribution in [0, 0.1) is 6.92 Å². The molecule has 0 bridgehead atoms. The summed E-state index contributed by atoms with van der Waals surface area (Å²) in [5, 5.41) is 4.78. The van der Waals surface area contributed by atoms with Crippen LogP contribution in [0.2, 0.25) is 0 Å². The molecule has 1 aromatic heterocycles. The van der Waals surface area contributed by atoms with Crippen molar-refractivity contribution in [1.82, 2.24) is 9.97 Å². The number of ether oxygens (including phenoxy) is 1. The SMILES string of the molecule is CCOC(=O)CC(C)=NNc1cc(C)nc(SC)n1. The monoisotopic (exact) mass is 282 g/mol. The molecule has 0 aliphatic rings. The molecule has 1 heterocycles. The predicted molar refractivity (Wildman–Crippen MR) is 76.5 cm³/mol. The number of aryl methyl sites for hydroxylation is 1. The van der Waals surface area contributed by atoms with Crippen molar-refractivity contribution in [1.29, 1.82) is 0 Å². The van der Waals surface area contributed by atoms with Crippen LogP contribution in [0.1, 0.15) is 26.0 Å². The van der Waals surface area contributed by atoms with E-state index in [1.807, 2.05) is 13.2 Å². The average Bonchev–Trinajstić information content (AvgIpc) is 2.36. The van der Waals surface area contributed by atoms with Crippen molar-refractivity contribution in [3.63, 3.8) is 0 Å². The fourth-order valence-electron chi connectivity index (χ4n) is 1.30. The van der Waals surface area contributed by atoms with Gasteiger partial charge in [-0.1, -0.05) is 11.8 Å². The van der Waals surface area contributed by atoms with Crippen LogP contribution in [0.4, 0.5) is 5.82 Å². The van der Waals surface area contributed by atoms with Crippen molar-refractivity contribution in [3.8, 4) is 0 Å². The topological polar surface area (TPSA) is 76.5 Å². The first-order valence-corrected chi connectivity index (χ1v) is 7.12. The van der Waals surface area contributed by atoms with Gasteiger partial charge in [0.05, 0.1) is 13.0 Å². The Morgan fingerprint density at radius 3 is 2.89 bits per heavy atom. The van der Waals surface area contributed by atoms with Crippen molar-refractivity contribution in [2.75, 3.05) is 18.3 Å². The molecule has 0 unspecified atom stereocenters. The number of hydrazone groups is 1. The molecule has 0 radical (unpaired) electrons. The molecular formula is C12H18N4O2S. The number of hydrogen-bond donors (Lipinski definition) is 1. The maximum atomic E-state index is 11.3. The standard InChI is InChI=1S/C12H18N4O2S/c1-5-18-11(17)7-9(3)15-16-10-6-8(2)13-12(14-10)19-4/h6H,5,7H2,1-4H3,(H,13,14,16). The number of carbonyl (C=O) groups excluding carboxylic acids is 1. The van der Waals surface area contributed by atoms with Crippen molar-refractivity contribution in [2.45, 2.75) is 32.3 Å². The lowest BCUT2D eigenvalue weighted by Crippen LogP contribution is -2.10. The highest BCUT2D eigenvalue weighted by Crippen LogP contribution is 2.13. The molecule has 0 aromatic carbocycles. The van der Waals surface area contributed by atoms with Gasteiger partial charge < -0.3 is 4.74 Å². The summed E-state index contributed by atoms with van der Waals surface area (Å²) in [5.41, 5.74) is 4.32. The number of thioether (sulfide) groups is 1. The second kappa shape index (κ2) is 7.73. The lowest BCUT2D eigenvalue weighted by atomic mass is 10.3. The van der Waals surface area contributed by atoms with Gasteiger partial charge >= 0.3 is 5.97 Å². The summed E-state index contributed by atoms with van der Waals surface area (Å²) in [6.45, 7) is 5.80. The average molecular weight is 282 g/mol. The highest BCUT2D eigenvalue weighted by molar-refractivity contribution is 7.98. The first-order valence-electron chi connectivity index (χ1n) is 5.89. The molecule has 0 amide bonds. The van der Waals surface area contributed by atoms with E-state index in [0.29, 0.717) is 23.3 Å². The molecule has 19 heavy (non-hydrogen) atoms. The van der Waals surface area contributed by atoms with E-state index >= 15 is 0 Å². The molecule has 6 nitrogen and oxygen atoms in total. The van der Waals surface area contributed by atoms with Crippen LogP contribution in [0.15, 0.2) is 16.3 Å². The molecule has 1 rings (SSSR count). The van der Waals surface area contributed by atoms with Crippen molar-refractivity contribution in [2.24, 2.45) is 5.10 Å². The summed E-state index contributed by atoms with van der Waals surface area (Å²) < 4.78 is 4.84. The van der Waals surface area contributed by atoms with Crippen LogP contribution in [-0.4, -0.2) is 34.5 Å². The van der Waals surface area contributed by atoms with E-state index in [2.05, 4.69) is 20.5 Å². The van der Waals surface area contributed by atoms with E-state index in [0.717, 1.165) is 5.69 Å². The van der Waals surface area contributed by atoms with Crippen LogP contribution < -0.4 is 5.43 Å². The minimum atomic E-state index is -0.283. The molecule has 0 atom stereocenters. The maximum absolute atomic E-state index is 11.3. The molecule has 1 N–H and O–H groups in total. The summed E-state index contributed by atoms with van der Waals surface area (Å²) >= 11 is 1.46. The van der Waals surface area contributed by atoms with Crippen molar-refractivity contribution in [3.05, 3.63) is 11.8 Å². The van der Waals surface area contributed by atoms with Crippen LogP contribution in [0.3, 0.4) is 0 Å². The molecule has 0 aliphatic heterocycles. The zero-order valence-corrected chi connectivity index (χ0v) is 12.4. The number of hydrogen-bond acceptors (Lipinski definition) is 7. The molecule has 0 fully saturated rings. The van der Waals surface area contributed by atoms with Gasteiger partial charge in [0.2, 0.25) is 0 Å². The molecule has 104 valence electrons. The summed E-state index contributed by atoms with van der Waals surface area (Å²) in [6, 6.07) is 1.79. The minimum absolute atomic E-state index is 0.167. The lowest BCUT2D eigenvalue weighted by molar-refractivity contribution is -0.141. The lowest BCUT2D eigenvalue weighted by Gasteiger charge is -2.05. The smallest absolute Gasteiger partial charge is 0.311 e. The summed E-state index contributed by atoms with van der Waals surface area (Å²) in [6.07, 6.45) is 2.08. The zero-order chi connectivity index (χ0) is 14.3. The molecule has 7 heteroatoms. The van der Waals surface area contributed by atoms with Gasteiger partial charge in [-0.2, -0.15) is 5.10 Å². The Morgan fingerprint density at radius 2 is 2.26 bits per heavy atom. The van der Waals surface area contributed by atoms with E-state index in [1.54, 1.807) is 19.9 Å². The van der Waals surface area contributed by atoms with Crippen LogP contribution in [0.25, 0.3) is 0 Å². The van der Waals surface area contributed by atoms with Crippen molar-refractivity contribution < 1.29 is 9.53 Å². The van der Waals surface area contributed by atoms with Crippen LogP contribution in [-0.2, 0) is 9.53 Å². The number of carbonyl (C=O) groups is 1. The third kappa shape index (κ3) is 5.69. The van der Waals surface area contributed by atoms with Gasteiger partial charge in [0, 0.05) is 17.5 Å². The van der Waals surface area contributed by atoms with Crippen molar-refractivity contribution >= 4 is 29.3 Å². The van der Waals surface area contributed by atoms with Gasteiger partial charge in [-0.15, -0.1) is 0 Å². The Hall–Kier alpha value is -1.63. The zero-order valence-electron chi connectivity index (χ0n) is 11.6. The highest BCUT2D eigenvalue weighted by Gasteiger charge is 2.04. The summed E-state index contributed by atoms with van der Waals surface area (Å²) in [4.78, 5) is 19.8. The second-order valence-electron chi connectivity index (χ2n) is 3.82. The molecule has 0 saturated heterocycles. The molecule has 0 aliphatic carbocycles. The van der Waals surface area contributed by atoms with Gasteiger partial charge in [0.15, 0.2) is 11.0 Å². The number of rotatable bonds is 6. The van der Waals surface area contributed by atoms with Gasteiger partial charge in [-0.25, -0.2) is 9.97 Å². The fourth-order valence-corrected chi connectivity index (χ4v) is 1.73. The number of aromatic nitrogens is 2. The number of esters is 1. The van der Waals surface area contributed by atoms with Crippen LogP contribution >= 0.6 is 11.8 Å². The Balaban J connectivity index is 2.64. The van der Waals surface area contributed by atoms with E-state index in [9.17, 15) is 4.79 Å². The highest BCUT2D eigenvalue weighted by atomic mass is 32.2. The first-order chi connectivity index (χ1) is 9.05. The van der Waals surface area contributed by atoms with Gasteiger partial charge in [-0.05, 0) is 27.0 Å². The number of nitrogens with zero attached hydrogens (tertiary/aromatic N) is 3.